The maximum atomic E-state index is 12.5. The standard InChI is InChI=1S/C16H14ClNO3S/c17-14-7-5-12(6-8-14)10-18-16-4-2-1-3-13(16)9-15(19)11-22(18,20)21/h1-8H,9-11H2. The lowest BCUT2D eigenvalue weighted by atomic mass is 10.1. The summed E-state index contributed by atoms with van der Waals surface area (Å²) in [5, 5.41) is 0.595. The molecular weight excluding hydrogens is 322 g/mol. The van der Waals surface area contributed by atoms with Crippen LogP contribution in [0.2, 0.25) is 5.02 Å². The van der Waals surface area contributed by atoms with Crippen molar-refractivity contribution in [2.45, 2.75) is 13.0 Å². The molecule has 0 radical (unpaired) electrons. The van der Waals surface area contributed by atoms with Gasteiger partial charge >= 0.3 is 0 Å². The Kier molecular flexibility index (Phi) is 3.93. The summed E-state index contributed by atoms with van der Waals surface area (Å²) in [7, 11) is -3.68. The third-order valence-electron chi connectivity index (χ3n) is 3.57. The largest absolute Gasteiger partial charge is 0.298 e. The number of anilines is 1. The summed E-state index contributed by atoms with van der Waals surface area (Å²) >= 11 is 5.86. The molecule has 0 aliphatic carbocycles. The summed E-state index contributed by atoms with van der Waals surface area (Å²) in [6.45, 7) is 0.184. The highest BCUT2D eigenvalue weighted by molar-refractivity contribution is 7.93. The Morgan fingerprint density at radius 1 is 1.05 bits per heavy atom. The first kappa shape index (κ1) is 15.1. The van der Waals surface area contributed by atoms with Crippen LogP contribution in [0.1, 0.15) is 11.1 Å². The van der Waals surface area contributed by atoms with Crippen molar-refractivity contribution in [2.75, 3.05) is 10.1 Å². The number of hydrogen-bond donors (Lipinski definition) is 0. The number of carbonyl (C=O) groups is 1. The highest BCUT2D eigenvalue weighted by Gasteiger charge is 2.31. The molecule has 3 rings (SSSR count). The lowest BCUT2D eigenvalue weighted by molar-refractivity contribution is -0.116. The fourth-order valence-electron chi connectivity index (χ4n) is 2.54. The molecule has 1 aliphatic rings. The summed E-state index contributed by atoms with van der Waals surface area (Å²) in [6, 6.07) is 14.1. The Hall–Kier alpha value is -1.85. The fraction of sp³-hybridized carbons (Fsp3) is 0.188. The Morgan fingerprint density at radius 3 is 2.45 bits per heavy atom. The van der Waals surface area contributed by atoms with E-state index in [-0.39, 0.29) is 18.7 Å². The number of Topliss-reactive ketones (excluding diaryl/α,β-unsaturated/α-hetero) is 1. The van der Waals surface area contributed by atoms with Crippen LogP contribution in [0.15, 0.2) is 48.5 Å². The van der Waals surface area contributed by atoms with Gasteiger partial charge in [-0.25, -0.2) is 8.42 Å². The molecule has 0 bridgehead atoms. The molecule has 0 saturated heterocycles. The van der Waals surface area contributed by atoms with E-state index in [1.165, 1.54) is 4.31 Å². The number of rotatable bonds is 2. The van der Waals surface area contributed by atoms with Crippen LogP contribution in [0.5, 0.6) is 0 Å². The number of hydrogen-bond acceptors (Lipinski definition) is 3. The van der Waals surface area contributed by atoms with E-state index in [4.69, 9.17) is 11.6 Å². The van der Waals surface area contributed by atoms with Crippen LogP contribution in [-0.4, -0.2) is 20.0 Å². The van der Waals surface area contributed by atoms with Gasteiger partial charge in [0.2, 0.25) is 10.0 Å². The van der Waals surface area contributed by atoms with E-state index < -0.39 is 15.8 Å². The van der Waals surface area contributed by atoms with Crippen LogP contribution >= 0.6 is 11.6 Å². The second kappa shape index (κ2) is 5.74. The molecular formula is C16H14ClNO3S. The number of ketones is 1. The first-order valence-corrected chi connectivity index (χ1v) is 8.79. The second-order valence-corrected chi connectivity index (χ2v) is 7.56. The minimum absolute atomic E-state index is 0.145. The van der Waals surface area contributed by atoms with Gasteiger partial charge in [0.15, 0.2) is 5.78 Å². The van der Waals surface area contributed by atoms with E-state index >= 15 is 0 Å². The summed E-state index contributed by atoms with van der Waals surface area (Å²) in [5.74, 6) is -0.749. The summed E-state index contributed by atoms with van der Waals surface area (Å²) in [6.07, 6.45) is 0.145. The van der Waals surface area contributed by atoms with Crippen molar-refractivity contribution >= 4 is 33.1 Å². The topological polar surface area (TPSA) is 54.5 Å². The molecule has 1 heterocycles. The molecule has 2 aromatic carbocycles. The summed E-state index contributed by atoms with van der Waals surface area (Å²) in [5.41, 5.74) is 2.13. The molecule has 0 N–H and O–H groups in total. The number of nitrogens with zero attached hydrogens (tertiary/aromatic N) is 1. The number of halogens is 1. The van der Waals surface area contributed by atoms with Gasteiger partial charge in [0, 0.05) is 11.4 Å². The molecule has 2 aromatic rings. The first-order valence-electron chi connectivity index (χ1n) is 6.80. The van der Waals surface area contributed by atoms with Crippen molar-refractivity contribution in [1.82, 2.24) is 0 Å². The van der Waals surface area contributed by atoms with E-state index in [9.17, 15) is 13.2 Å². The van der Waals surface area contributed by atoms with Crippen LogP contribution in [0.25, 0.3) is 0 Å². The molecule has 0 spiro atoms. The summed E-state index contributed by atoms with van der Waals surface area (Å²) in [4.78, 5) is 11.9. The highest BCUT2D eigenvalue weighted by atomic mass is 35.5. The van der Waals surface area contributed by atoms with E-state index in [2.05, 4.69) is 0 Å². The molecule has 0 aromatic heterocycles. The SMILES string of the molecule is O=C1Cc2ccccc2N(Cc2ccc(Cl)cc2)S(=O)(=O)C1. The van der Waals surface area contributed by atoms with Crippen molar-refractivity contribution in [3.63, 3.8) is 0 Å². The van der Waals surface area contributed by atoms with Gasteiger partial charge in [-0.05, 0) is 29.3 Å². The minimum Gasteiger partial charge on any atom is -0.298 e. The Balaban J connectivity index is 2.06. The zero-order valence-electron chi connectivity index (χ0n) is 11.7. The van der Waals surface area contributed by atoms with Crippen LogP contribution in [0.4, 0.5) is 5.69 Å². The summed E-state index contributed by atoms with van der Waals surface area (Å²) < 4.78 is 26.4. The maximum Gasteiger partial charge on any atom is 0.242 e. The molecule has 0 amide bonds. The molecule has 6 heteroatoms. The minimum atomic E-state index is -3.68. The zero-order chi connectivity index (χ0) is 15.7. The van der Waals surface area contributed by atoms with Crippen molar-refractivity contribution < 1.29 is 13.2 Å². The molecule has 0 unspecified atom stereocenters. The maximum absolute atomic E-state index is 12.5. The van der Waals surface area contributed by atoms with Crippen LogP contribution in [0, 0.1) is 0 Å². The van der Waals surface area contributed by atoms with Crippen molar-refractivity contribution in [3.05, 3.63) is 64.7 Å². The van der Waals surface area contributed by atoms with Gasteiger partial charge in [0.25, 0.3) is 0 Å². The van der Waals surface area contributed by atoms with Gasteiger partial charge < -0.3 is 0 Å². The monoisotopic (exact) mass is 335 g/mol. The van der Waals surface area contributed by atoms with Gasteiger partial charge in [-0.15, -0.1) is 0 Å². The molecule has 0 fully saturated rings. The van der Waals surface area contributed by atoms with Gasteiger partial charge in [0.05, 0.1) is 12.2 Å². The van der Waals surface area contributed by atoms with Gasteiger partial charge in [0.1, 0.15) is 5.75 Å². The van der Waals surface area contributed by atoms with E-state index in [1.807, 2.05) is 6.07 Å². The number of sulfonamides is 1. The number of benzene rings is 2. The van der Waals surface area contributed by atoms with Crippen LogP contribution < -0.4 is 4.31 Å². The van der Waals surface area contributed by atoms with Crippen LogP contribution in [-0.2, 0) is 27.8 Å². The number of carbonyl (C=O) groups excluding carboxylic acids is 1. The predicted octanol–water partition coefficient (Wildman–Crippen LogP) is 2.80. The zero-order valence-corrected chi connectivity index (χ0v) is 13.3. The molecule has 0 saturated carbocycles. The van der Waals surface area contributed by atoms with Crippen molar-refractivity contribution in [3.8, 4) is 0 Å². The third kappa shape index (κ3) is 3.00. The lowest BCUT2D eigenvalue weighted by Crippen LogP contribution is -2.33. The van der Waals surface area contributed by atoms with Crippen molar-refractivity contribution in [2.24, 2.45) is 0 Å². The highest BCUT2D eigenvalue weighted by Crippen LogP contribution is 2.29. The second-order valence-electron chi connectivity index (χ2n) is 5.23. The Morgan fingerprint density at radius 2 is 1.73 bits per heavy atom. The first-order chi connectivity index (χ1) is 10.5. The number of para-hydroxylation sites is 1. The van der Waals surface area contributed by atoms with Gasteiger partial charge in [-0.1, -0.05) is 41.9 Å². The average Bonchev–Trinajstić information content (AvgIpc) is 2.55. The normalized spacial score (nSPS) is 17.0. The number of fused-ring (bicyclic) bond motifs is 1. The lowest BCUT2D eigenvalue weighted by Gasteiger charge is -2.24. The third-order valence-corrected chi connectivity index (χ3v) is 5.50. The quantitative estimate of drug-likeness (QED) is 0.848. The van der Waals surface area contributed by atoms with Crippen molar-refractivity contribution in [1.29, 1.82) is 0 Å². The van der Waals surface area contributed by atoms with E-state index in [0.717, 1.165) is 11.1 Å². The molecule has 114 valence electrons. The Bertz CT molecular complexity index is 816. The predicted molar refractivity (Wildman–Crippen MR) is 86.6 cm³/mol. The smallest absolute Gasteiger partial charge is 0.242 e. The molecule has 1 aliphatic heterocycles. The molecule has 4 nitrogen and oxygen atoms in total. The molecule has 0 atom stereocenters. The van der Waals surface area contributed by atoms with Gasteiger partial charge in [-0.3, -0.25) is 9.10 Å². The van der Waals surface area contributed by atoms with Gasteiger partial charge in [-0.2, -0.15) is 0 Å². The Labute approximate surface area is 134 Å². The fourth-order valence-corrected chi connectivity index (χ4v) is 4.15. The van der Waals surface area contributed by atoms with E-state index in [0.29, 0.717) is 10.7 Å². The van der Waals surface area contributed by atoms with E-state index in [1.54, 1.807) is 42.5 Å². The average molecular weight is 336 g/mol. The van der Waals surface area contributed by atoms with Crippen LogP contribution in [0.3, 0.4) is 0 Å². The molecule has 22 heavy (non-hydrogen) atoms.